The van der Waals surface area contributed by atoms with Crippen molar-refractivity contribution in [3.63, 3.8) is 0 Å². The van der Waals surface area contributed by atoms with Crippen molar-refractivity contribution in [2.75, 3.05) is 37.8 Å². The van der Waals surface area contributed by atoms with Crippen LogP contribution in [0.25, 0.3) is 11.1 Å². The number of piperidine rings is 1. The number of amides is 2. The van der Waals surface area contributed by atoms with Crippen LogP contribution in [0.3, 0.4) is 0 Å². The Bertz CT molecular complexity index is 1500. The molecule has 0 atom stereocenters. The van der Waals surface area contributed by atoms with Crippen molar-refractivity contribution in [1.82, 2.24) is 15.6 Å². The van der Waals surface area contributed by atoms with Crippen LogP contribution in [0.1, 0.15) is 29.5 Å². The number of benzene rings is 4. The number of hydrazine groups is 1. The molecule has 4 aromatic carbocycles. The van der Waals surface area contributed by atoms with E-state index in [2.05, 4.69) is 17.1 Å². The molecule has 1 aliphatic heterocycles. The van der Waals surface area contributed by atoms with Gasteiger partial charge in [-0.2, -0.15) is 0 Å². The van der Waals surface area contributed by atoms with Crippen molar-refractivity contribution in [2.45, 2.75) is 32.2 Å². The van der Waals surface area contributed by atoms with Crippen LogP contribution in [0, 0.1) is 6.42 Å². The first-order valence-electron chi connectivity index (χ1n) is 15.6. The topological polar surface area (TPSA) is 94.1 Å². The minimum Gasteiger partial charge on any atom is -0.508 e. The molecule has 1 heterocycles. The molecule has 1 radical (unpaired) electrons. The second kappa shape index (κ2) is 16.4. The smallest absolute Gasteiger partial charge is 0.429 e. The molecule has 0 aromatic heterocycles. The van der Waals surface area contributed by atoms with Crippen LogP contribution in [-0.2, 0) is 28.9 Å². The third-order valence-corrected chi connectivity index (χ3v) is 7.75. The monoisotopic (exact) mass is 605 g/mol. The van der Waals surface area contributed by atoms with E-state index in [1.54, 1.807) is 17.1 Å². The van der Waals surface area contributed by atoms with Crippen LogP contribution in [0.15, 0.2) is 103 Å². The Morgan fingerprint density at radius 1 is 0.778 bits per heavy atom. The number of ether oxygens (including phenoxy) is 1. The average molecular weight is 606 g/mol. The maximum absolute atomic E-state index is 13.5. The van der Waals surface area contributed by atoms with Gasteiger partial charge in [-0.3, -0.25) is 4.79 Å². The van der Waals surface area contributed by atoms with E-state index < -0.39 is 6.09 Å². The number of aromatic hydroxyl groups is 1. The number of para-hydroxylation sites is 1. The van der Waals surface area contributed by atoms with Crippen molar-refractivity contribution in [3.8, 4) is 16.9 Å². The molecule has 0 bridgehead atoms. The molecule has 0 unspecified atom stereocenters. The van der Waals surface area contributed by atoms with E-state index in [0.29, 0.717) is 0 Å². The third-order valence-electron chi connectivity index (χ3n) is 7.75. The SMILES string of the molecule is O=C(Cc1ccc(CNCCc2ccc(O)cc2)cc1)NCCOC(=O)N(c1ccccc1-c1ccccc1)N1CC[CH]CC1. The summed E-state index contributed by atoms with van der Waals surface area (Å²) in [6.07, 6.45) is 4.71. The van der Waals surface area contributed by atoms with Gasteiger partial charge >= 0.3 is 6.09 Å². The zero-order chi connectivity index (χ0) is 31.3. The second-order valence-corrected chi connectivity index (χ2v) is 11.1. The van der Waals surface area contributed by atoms with Crippen LogP contribution in [-0.4, -0.2) is 54.9 Å². The van der Waals surface area contributed by atoms with Gasteiger partial charge < -0.3 is 20.5 Å². The van der Waals surface area contributed by atoms with Crippen LogP contribution in [0.5, 0.6) is 5.75 Å². The summed E-state index contributed by atoms with van der Waals surface area (Å²) in [6, 6.07) is 33.1. The Hall–Kier alpha value is -4.66. The van der Waals surface area contributed by atoms with Gasteiger partial charge in [0.15, 0.2) is 0 Å². The number of rotatable bonds is 13. The van der Waals surface area contributed by atoms with Crippen LogP contribution in [0.4, 0.5) is 10.5 Å². The lowest BCUT2D eigenvalue weighted by molar-refractivity contribution is -0.120. The molecule has 8 nitrogen and oxygen atoms in total. The van der Waals surface area contributed by atoms with Gasteiger partial charge in [0.25, 0.3) is 0 Å². The number of hydrogen-bond donors (Lipinski definition) is 3. The van der Waals surface area contributed by atoms with Crippen molar-refractivity contribution in [1.29, 1.82) is 0 Å². The van der Waals surface area contributed by atoms with Gasteiger partial charge in [0, 0.05) is 25.2 Å². The normalized spacial score (nSPS) is 13.2. The number of anilines is 1. The number of carbonyl (C=O) groups excluding carboxylic acids is 2. The summed E-state index contributed by atoms with van der Waals surface area (Å²) < 4.78 is 5.70. The highest BCUT2D eigenvalue weighted by Crippen LogP contribution is 2.33. The zero-order valence-corrected chi connectivity index (χ0v) is 25.5. The second-order valence-electron chi connectivity index (χ2n) is 11.1. The summed E-state index contributed by atoms with van der Waals surface area (Å²) in [5.74, 6) is 0.155. The van der Waals surface area contributed by atoms with Crippen LogP contribution < -0.4 is 15.6 Å². The van der Waals surface area contributed by atoms with Gasteiger partial charge in [-0.05, 0) is 72.7 Å². The third kappa shape index (κ3) is 9.41. The summed E-state index contributed by atoms with van der Waals surface area (Å²) in [7, 11) is 0. The quantitative estimate of drug-likeness (QED) is 0.164. The molecule has 1 saturated heterocycles. The summed E-state index contributed by atoms with van der Waals surface area (Å²) in [5, 5.41) is 19.4. The molecule has 4 aromatic rings. The summed E-state index contributed by atoms with van der Waals surface area (Å²) in [5.41, 5.74) is 5.98. The molecule has 45 heavy (non-hydrogen) atoms. The summed E-state index contributed by atoms with van der Waals surface area (Å²) in [6.45, 7) is 3.32. The molecule has 0 spiro atoms. The predicted molar refractivity (Wildman–Crippen MR) is 177 cm³/mol. The molecule has 3 N–H and O–H groups in total. The van der Waals surface area contributed by atoms with E-state index in [9.17, 15) is 14.7 Å². The lowest BCUT2D eigenvalue weighted by Crippen LogP contribution is -2.50. The van der Waals surface area contributed by atoms with E-state index in [0.717, 1.165) is 73.4 Å². The highest BCUT2D eigenvalue weighted by Gasteiger charge is 2.28. The average Bonchev–Trinajstić information content (AvgIpc) is 3.08. The molecule has 8 heteroatoms. The van der Waals surface area contributed by atoms with E-state index in [1.165, 1.54) is 5.56 Å². The number of carbonyl (C=O) groups is 2. The first-order valence-corrected chi connectivity index (χ1v) is 15.6. The minimum atomic E-state index is -0.457. The van der Waals surface area contributed by atoms with E-state index in [1.807, 2.05) is 96.0 Å². The van der Waals surface area contributed by atoms with Crippen LogP contribution >= 0.6 is 0 Å². The lowest BCUT2D eigenvalue weighted by Gasteiger charge is -2.37. The number of phenols is 1. The van der Waals surface area contributed by atoms with Crippen molar-refractivity contribution in [3.05, 3.63) is 126 Å². The van der Waals surface area contributed by atoms with Gasteiger partial charge in [-0.1, -0.05) is 84.9 Å². The van der Waals surface area contributed by atoms with E-state index >= 15 is 0 Å². The van der Waals surface area contributed by atoms with Crippen molar-refractivity contribution in [2.24, 2.45) is 0 Å². The summed E-state index contributed by atoms with van der Waals surface area (Å²) >= 11 is 0. The zero-order valence-electron chi connectivity index (χ0n) is 25.5. The predicted octanol–water partition coefficient (Wildman–Crippen LogP) is 5.91. The molecule has 233 valence electrons. The standard InChI is InChI=1S/C37H41N4O4/c42-33-19-17-29(18-20-33)21-22-38-28-31-15-13-30(14-16-31)27-36(43)39-23-26-45-37(44)41(40-24-7-2-8-25-40)35-12-6-5-11-34(35)32-9-3-1-4-10-32/h1-6,9-20,38,42H,7-8,21-28H2,(H,39,43). The Morgan fingerprint density at radius 2 is 1.44 bits per heavy atom. The van der Waals surface area contributed by atoms with Gasteiger partial charge in [-0.25, -0.2) is 14.8 Å². The highest BCUT2D eigenvalue weighted by atomic mass is 16.6. The molecular weight excluding hydrogens is 564 g/mol. The molecular formula is C37H41N4O4. The lowest BCUT2D eigenvalue weighted by atomic mass is 10.0. The molecule has 5 rings (SSSR count). The van der Waals surface area contributed by atoms with Crippen molar-refractivity contribution < 1.29 is 19.4 Å². The Morgan fingerprint density at radius 3 is 2.20 bits per heavy atom. The fourth-order valence-corrected chi connectivity index (χ4v) is 5.36. The van der Waals surface area contributed by atoms with E-state index in [-0.39, 0.29) is 31.2 Å². The Kier molecular flexibility index (Phi) is 11.6. The number of nitrogens with one attached hydrogen (secondary N) is 2. The number of phenolic OH excluding ortho intramolecular Hbond substituents is 1. The molecule has 0 saturated carbocycles. The molecule has 2 amide bonds. The van der Waals surface area contributed by atoms with Gasteiger partial charge in [0.2, 0.25) is 5.91 Å². The molecule has 0 aliphatic carbocycles. The molecule has 1 aliphatic rings. The number of nitrogens with zero attached hydrogens (tertiary/aromatic N) is 2. The minimum absolute atomic E-state index is 0.0727. The number of hydrogen-bond acceptors (Lipinski definition) is 6. The van der Waals surface area contributed by atoms with Crippen molar-refractivity contribution >= 4 is 17.7 Å². The first kappa shape index (κ1) is 31.8. The van der Waals surface area contributed by atoms with E-state index in [4.69, 9.17) is 4.74 Å². The maximum atomic E-state index is 13.5. The molecule has 1 fully saturated rings. The maximum Gasteiger partial charge on any atom is 0.429 e. The van der Waals surface area contributed by atoms with Crippen LogP contribution in [0.2, 0.25) is 0 Å². The van der Waals surface area contributed by atoms with Gasteiger partial charge in [0.05, 0.1) is 18.7 Å². The fraction of sp³-hybridized carbons (Fsp3) is 0.270. The highest BCUT2D eigenvalue weighted by molar-refractivity contribution is 5.93. The largest absolute Gasteiger partial charge is 0.508 e. The van der Waals surface area contributed by atoms with Gasteiger partial charge in [0.1, 0.15) is 12.4 Å². The fourth-order valence-electron chi connectivity index (χ4n) is 5.36. The Labute approximate surface area is 265 Å². The first-order chi connectivity index (χ1) is 22.1. The van der Waals surface area contributed by atoms with Gasteiger partial charge in [-0.15, -0.1) is 0 Å². The Balaban J connectivity index is 1.08. The summed E-state index contributed by atoms with van der Waals surface area (Å²) in [4.78, 5) is 26.1.